The molecule has 0 spiro atoms. The Labute approximate surface area is 117 Å². The number of carboxylic acid groups (broad SMARTS) is 1. The predicted octanol–water partition coefficient (Wildman–Crippen LogP) is 4.03. The molecule has 1 aliphatic rings. The Hall–Kier alpha value is -0.610. The Morgan fingerprint density at radius 2 is 1.89 bits per heavy atom. The molecule has 1 N–H and O–H groups in total. The van der Waals surface area contributed by atoms with E-state index in [1.807, 2.05) is 24.6 Å². The maximum Gasteiger partial charge on any atom is 0.314 e. The van der Waals surface area contributed by atoms with Crippen molar-refractivity contribution in [2.75, 3.05) is 12.5 Å². The third-order valence-electron chi connectivity index (χ3n) is 3.79. The van der Waals surface area contributed by atoms with Crippen molar-refractivity contribution < 1.29 is 9.90 Å². The molecule has 0 amide bonds. The summed E-state index contributed by atoms with van der Waals surface area (Å²) in [5, 5.41) is 9.68. The summed E-state index contributed by atoms with van der Waals surface area (Å²) in [4.78, 5) is 14.1. The molecule has 1 aliphatic carbocycles. The fourth-order valence-corrected chi connectivity index (χ4v) is 4.60. The number of thioether (sulfide) groups is 2. The molecular formula is C14H18O2S2. The number of hydrogen-bond donors (Lipinski definition) is 1. The fraction of sp³-hybridized carbons (Fsp3) is 0.500. The van der Waals surface area contributed by atoms with E-state index in [1.54, 1.807) is 23.5 Å². The lowest BCUT2D eigenvalue weighted by Crippen LogP contribution is -2.33. The molecule has 18 heavy (non-hydrogen) atoms. The Morgan fingerprint density at radius 1 is 1.22 bits per heavy atom. The van der Waals surface area contributed by atoms with Crippen LogP contribution in [-0.2, 0) is 10.2 Å². The molecular weight excluding hydrogens is 264 g/mol. The average molecular weight is 282 g/mol. The van der Waals surface area contributed by atoms with Crippen LogP contribution in [0.1, 0.15) is 31.2 Å². The van der Waals surface area contributed by atoms with E-state index in [4.69, 9.17) is 0 Å². The molecule has 0 radical (unpaired) electrons. The highest BCUT2D eigenvalue weighted by atomic mass is 32.2. The van der Waals surface area contributed by atoms with Crippen molar-refractivity contribution in [1.29, 1.82) is 0 Å². The van der Waals surface area contributed by atoms with Crippen LogP contribution < -0.4 is 0 Å². The SMILES string of the molecule is CSc1cccc(C2(C(=O)O)CCCC2)c1SC. The topological polar surface area (TPSA) is 37.3 Å². The first-order valence-electron chi connectivity index (χ1n) is 6.10. The van der Waals surface area contributed by atoms with Crippen LogP contribution in [0.25, 0.3) is 0 Å². The predicted molar refractivity (Wildman–Crippen MR) is 77.8 cm³/mol. The zero-order valence-electron chi connectivity index (χ0n) is 10.7. The second kappa shape index (κ2) is 5.57. The summed E-state index contributed by atoms with van der Waals surface area (Å²) in [5.74, 6) is -0.659. The highest BCUT2D eigenvalue weighted by molar-refractivity contribution is 8.01. The largest absolute Gasteiger partial charge is 0.481 e. The van der Waals surface area contributed by atoms with Gasteiger partial charge in [-0.1, -0.05) is 25.0 Å². The average Bonchev–Trinajstić information content (AvgIpc) is 2.88. The lowest BCUT2D eigenvalue weighted by molar-refractivity contribution is -0.143. The van der Waals surface area contributed by atoms with Gasteiger partial charge in [0.25, 0.3) is 0 Å². The van der Waals surface area contributed by atoms with Gasteiger partial charge in [0.15, 0.2) is 0 Å². The number of carboxylic acids is 1. The van der Waals surface area contributed by atoms with Crippen molar-refractivity contribution in [3.8, 4) is 0 Å². The number of aliphatic carboxylic acids is 1. The number of carbonyl (C=O) groups is 1. The van der Waals surface area contributed by atoms with Crippen LogP contribution in [0.4, 0.5) is 0 Å². The zero-order chi connectivity index (χ0) is 13.2. The monoisotopic (exact) mass is 282 g/mol. The molecule has 1 aromatic carbocycles. The summed E-state index contributed by atoms with van der Waals surface area (Å²) < 4.78 is 0. The van der Waals surface area contributed by atoms with Crippen LogP contribution in [0.2, 0.25) is 0 Å². The van der Waals surface area contributed by atoms with E-state index in [9.17, 15) is 9.90 Å². The molecule has 98 valence electrons. The van der Waals surface area contributed by atoms with Gasteiger partial charge in [-0.2, -0.15) is 0 Å². The van der Waals surface area contributed by atoms with Gasteiger partial charge in [0.1, 0.15) is 0 Å². The van der Waals surface area contributed by atoms with Crippen molar-refractivity contribution in [3.63, 3.8) is 0 Å². The maximum absolute atomic E-state index is 11.8. The Kier molecular flexibility index (Phi) is 4.28. The first kappa shape index (κ1) is 13.8. The van der Waals surface area contributed by atoms with Crippen LogP contribution >= 0.6 is 23.5 Å². The fourth-order valence-electron chi connectivity index (χ4n) is 2.84. The molecule has 0 heterocycles. The molecule has 1 fully saturated rings. The third kappa shape index (κ3) is 2.16. The summed E-state index contributed by atoms with van der Waals surface area (Å²) in [7, 11) is 0. The molecule has 0 saturated heterocycles. The summed E-state index contributed by atoms with van der Waals surface area (Å²) >= 11 is 3.35. The quantitative estimate of drug-likeness (QED) is 0.846. The van der Waals surface area contributed by atoms with E-state index in [2.05, 4.69) is 6.07 Å². The van der Waals surface area contributed by atoms with Crippen molar-refractivity contribution >= 4 is 29.5 Å². The molecule has 2 nitrogen and oxygen atoms in total. The molecule has 1 aromatic rings. The van der Waals surface area contributed by atoms with Gasteiger partial charge in [0.2, 0.25) is 0 Å². The van der Waals surface area contributed by atoms with Crippen LogP contribution in [-0.4, -0.2) is 23.6 Å². The van der Waals surface area contributed by atoms with Crippen molar-refractivity contribution in [2.24, 2.45) is 0 Å². The molecule has 0 aromatic heterocycles. The summed E-state index contributed by atoms with van der Waals surface area (Å²) in [6.07, 6.45) is 7.65. The molecule has 0 atom stereocenters. The lowest BCUT2D eigenvalue weighted by atomic mass is 9.79. The molecule has 2 rings (SSSR count). The van der Waals surface area contributed by atoms with Crippen LogP contribution in [0, 0.1) is 0 Å². The highest BCUT2D eigenvalue weighted by Gasteiger charge is 2.44. The Morgan fingerprint density at radius 3 is 2.39 bits per heavy atom. The van der Waals surface area contributed by atoms with Gasteiger partial charge in [0.05, 0.1) is 5.41 Å². The van der Waals surface area contributed by atoms with Gasteiger partial charge >= 0.3 is 5.97 Å². The van der Waals surface area contributed by atoms with E-state index in [0.717, 1.165) is 36.1 Å². The molecule has 0 bridgehead atoms. The Balaban J connectivity index is 2.58. The van der Waals surface area contributed by atoms with Gasteiger partial charge in [-0.3, -0.25) is 4.79 Å². The van der Waals surface area contributed by atoms with E-state index in [1.165, 1.54) is 4.90 Å². The lowest BCUT2D eigenvalue weighted by Gasteiger charge is -2.27. The minimum absolute atomic E-state index is 0.649. The number of hydrogen-bond acceptors (Lipinski definition) is 3. The second-order valence-electron chi connectivity index (χ2n) is 4.64. The number of rotatable bonds is 4. The van der Waals surface area contributed by atoms with Gasteiger partial charge in [-0.15, -0.1) is 23.5 Å². The molecule has 4 heteroatoms. The molecule has 1 saturated carbocycles. The van der Waals surface area contributed by atoms with Crippen LogP contribution in [0.3, 0.4) is 0 Å². The second-order valence-corrected chi connectivity index (χ2v) is 6.30. The van der Waals surface area contributed by atoms with E-state index >= 15 is 0 Å². The van der Waals surface area contributed by atoms with Crippen molar-refractivity contribution in [2.45, 2.75) is 40.9 Å². The van der Waals surface area contributed by atoms with Crippen LogP contribution in [0.15, 0.2) is 28.0 Å². The standard InChI is InChI=1S/C14H18O2S2/c1-17-11-7-5-6-10(12(11)18-2)14(13(15)16)8-3-4-9-14/h5-7H,3-4,8-9H2,1-2H3,(H,15,16). The summed E-state index contributed by atoms with van der Waals surface area (Å²) in [6.45, 7) is 0. The summed E-state index contributed by atoms with van der Waals surface area (Å²) in [5.41, 5.74) is 0.372. The molecule has 0 unspecified atom stereocenters. The number of benzene rings is 1. The normalized spacial score (nSPS) is 17.9. The summed E-state index contributed by atoms with van der Waals surface area (Å²) in [6, 6.07) is 6.07. The first-order valence-corrected chi connectivity index (χ1v) is 8.55. The molecule has 0 aliphatic heterocycles. The first-order chi connectivity index (χ1) is 8.65. The maximum atomic E-state index is 11.8. The minimum atomic E-state index is -0.659. The smallest absolute Gasteiger partial charge is 0.314 e. The zero-order valence-corrected chi connectivity index (χ0v) is 12.4. The third-order valence-corrected chi connectivity index (χ3v) is 5.54. The van der Waals surface area contributed by atoms with E-state index in [0.29, 0.717) is 0 Å². The Bertz CT molecular complexity index is 451. The van der Waals surface area contributed by atoms with E-state index < -0.39 is 11.4 Å². The van der Waals surface area contributed by atoms with Crippen molar-refractivity contribution in [3.05, 3.63) is 23.8 Å². The van der Waals surface area contributed by atoms with E-state index in [-0.39, 0.29) is 0 Å². The van der Waals surface area contributed by atoms with Gasteiger partial charge in [-0.05, 0) is 37.0 Å². The highest BCUT2D eigenvalue weighted by Crippen LogP contribution is 2.46. The van der Waals surface area contributed by atoms with Gasteiger partial charge in [0, 0.05) is 9.79 Å². The van der Waals surface area contributed by atoms with Gasteiger partial charge < -0.3 is 5.11 Å². The van der Waals surface area contributed by atoms with Gasteiger partial charge in [-0.25, -0.2) is 0 Å². The minimum Gasteiger partial charge on any atom is -0.481 e. The van der Waals surface area contributed by atoms with Crippen molar-refractivity contribution in [1.82, 2.24) is 0 Å². The van der Waals surface area contributed by atoms with Crippen LogP contribution in [0.5, 0.6) is 0 Å².